The molecule has 0 aromatic heterocycles. The van der Waals surface area contributed by atoms with Gasteiger partial charge in [0.15, 0.2) is 0 Å². The Kier molecular flexibility index (Phi) is 24.1. The summed E-state index contributed by atoms with van der Waals surface area (Å²) >= 11 is 3.12. The average molecular weight is 531 g/mol. The van der Waals surface area contributed by atoms with E-state index < -0.39 is 13.9 Å². The zero-order chi connectivity index (χ0) is 23.0. The minimum atomic E-state index is -4.01. The number of phosphoric ester groups is 1. The van der Waals surface area contributed by atoms with Gasteiger partial charge in [-0.1, -0.05) is 119 Å². The normalized spacial score (nSPS) is 14.6. The number of nitrogens with two attached hydrogens (primary N) is 1. The molecule has 2 unspecified atom stereocenters. The Morgan fingerprint density at radius 3 is 1.65 bits per heavy atom. The standard InChI is InChI=1S/C23H49BrNO5P/c1-2-3-4-5-6-7-8-9-10-11-12-13-14-15-16-17-19-28-21-23(25)22-30-31(26,27)29-20-18-24/h23H,2-22,25H2,1H3,(H,26,27). The first-order valence-corrected chi connectivity index (χ1v) is 15.1. The Bertz CT molecular complexity index is 417. The Morgan fingerprint density at radius 1 is 0.742 bits per heavy atom. The molecule has 2 atom stereocenters. The minimum absolute atomic E-state index is 0.0605. The second-order valence-electron chi connectivity index (χ2n) is 8.42. The van der Waals surface area contributed by atoms with Crippen molar-refractivity contribution >= 4 is 23.8 Å². The molecule has 0 saturated heterocycles. The molecule has 0 fully saturated rings. The van der Waals surface area contributed by atoms with E-state index in [2.05, 4.69) is 22.9 Å². The molecule has 3 N–H and O–H groups in total. The van der Waals surface area contributed by atoms with Crippen LogP contribution in [-0.4, -0.2) is 42.7 Å². The number of unbranched alkanes of at least 4 members (excludes halogenated alkanes) is 15. The van der Waals surface area contributed by atoms with Crippen LogP contribution in [-0.2, 0) is 18.3 Å². The maximum atomic E-state index is 11.5. The highest BCUT2D eigenvalue weighted by atomic mass is 79.9. The van der Waals surface area contributed by atoms with Crippen molar-refractivity contribution in [1.29, 1.82) is 0 Å². The summed E-state index contributed by atoms with van der Waals surface area (Å²) in [6.45, 7) is 3.31. The smallest absolute Gasteiger partial charge is 0.380 e. The second kappa shape index (κ2) is 23.7. The molecular formula is C23H49BrNO5P. The first kappa shape index (κ1) is 31.5. The van der Waals surface area contributed by atoms with Crippen molar-refractivity contribution in [2.24, 2.45) is 5.73 Å². The number of halogens is 1. The lowest BCUT2D eigenvalue weighted by molar-refractivity contribution is 0.0887. The SMILES string of the molecule is CCCCCCCCCCCCCCCCCCOCC(N)COP(=O)(O)OCCBr. The van der Waals surface area contributed by atoms with Crippen LogP contribution in [0, 0.1) is 0 Å². The lowest BCUT2D eigenvalue weighted by atomic mass is 10.0. The van der Waals surface area contributed by atoms with E-state index in [1.54, 1.807) is 0 Å². The maximum absolute atomic E-state index is 11.5. The van der Waals surface area contributed by atoms with Crippen LogP contribution in [0.2, 0.25) is 0 Å². The van der Waals surface area contributed by atoms with E-state index in [1.165, 1.54) is 96.3 Å². The molecule has 0 rings (SSSR count). The molecule has 0 saturated carbocycles. The fourth-order valence-corrected chi connectivity index (χ4v) is 4.60. The van der Waals surface area contributed by atoms with E-state index in [1.807, 2.05) is 0 Å². The quantitative estimate of drug-likeness (QED) is 0.0742. The highest BCUT2D eigenvalue weighted by molar-refractivity contribution is 9.09. The predicted molar refractivity (Wildman–Crippen MR) is 134 cm³/mol. The summed E-state index contributed by atoms with van der Waals surface area (Å²) in [6.07, 6.45) is 21.6. The highest BCUT2D eigenvalue weighted by Gasteiger charge is 2.21. The van der Waals surface area contributed by atoms with E-state index in [4.69, 9.17) is 19.5 Å². The van der Waals surface area contributed by atoms with Gasteiger partial charge in [0, 0.05) is 11.9 Å². The number of phosphoric acid groups is 1. The van der Waals surface area contributed by atoms with E-state index in [-0.39, 0.29) is 13.2 Å². The van der Waals surface area contributed by atoms with Gasteiger partial charge < -0.3 is 15.4 Å². The third-order valence-electron chi connectivity index (χ3n) is 5.26. The van der Waals surface area contributed by atoms with Crippen molar-refractivity contribution in [3.05, 3.63) is 0 Å². The van der Waals surface area contributed by atoms with E-state index in [0.29, 0.717) is 18.5 Å². The topological polar surface area (TPSA) is 91.0 Å². The van der Waals surface area contributed by atoms with Gasteiger partial charge in [0.05, 0.1) is 25.9 Å². The van der Waals surface area contributed by atoms with Gasteiger partial charge >= 0.3 is 7.82 Å². The largest absolute Gasteiger partial charge is 0.472 e. The van der Waals surface area contributed by atoms with Gasteiger partial charge in [0.25, 0.3) is 0 Å². The fourth-order valence-electron chi connectivity index (χ4n) is 3.41. The fraction of sp³-hybridized carbons (Fsp3) is 1.00. The summed E-state index contributed by atoms with van der Waals surface area (Å²) < 4.78 is 26.6. The molecule has 0 heterocycles. The molecule has 0 aliphatic heterocycles. The molecule has 0 bridgehead atoms. The van der Waals surface area contributed by atoms with Crippen molar-refractivity contribution in [3.8, 4) is 0 Å². The molecule has 0 aliphatic rings. The maximum Gasteiger partial charge on any atom is 0.472 e. The molecule has 0 radical (unpaired) electrons. The van der Waals surface area contributed by atoms with Crippen LogP contribution < -0.4 is 5.73 Å². The van der Waals surface area contributed by atoms with Crippen LogP contribution in [0.1, 0.15) is 110 Å². The van der Waals surface area contributed by atoms with Crippen LogP contribution in [0.4, 0.5) is 0 Å². The van der Waals surface area contributed by atoms with Crippen molar-refractivity contribution < 1.29 is 23.2 Å². The van der Waals surface area contributed by atoms with Gasteiger partial charge in [-0.05, 0) is 6.42 Å². The lowest BCUT2D eigenvalue weighted by Gasteiger charge is -2.15. The molecule has 0 aromatic carbocycles. The van der Waals surface area contributed by atoms with E-state index in [0.717, 1.165) is 6.42 Å². The summed E-state index contributed by atoms with van der Waals surface area (Å²) in [5.41, 5.74) is 5.83. The van der Waals surface area contributed by atoms with Gasteiger partial charge in [0.2, 0.25) is 0 Å². The summed E-state index contributed by atoms with van der Waals surface area (Å²) in [5, 5.41) is 0.468. The van der Waals surface area contributed by atoms with Crippen molar-refractivity contribution in [2.75, 3.05) is 31.8 Å². The molecule has 31 heavy (non-hydrogen) atoms. The third-order valence-corrected chi connectivity index (χ3v) is 6.57. The lowest BCUT2D eigenvalue weighted by Crippen LogP contribution is -2.31. The van der Waals surface area contributed by atoms with Crippen molar-refractivity contribution in [3.63, 3.8) is 0 Å². The predicted octanol–water partition coefficient (Wildman–Crippen LogP) is 7.12. The molecule has 188 valence electrons. The van der Waals surface area contributed by atoms with Gasteiger partial charge in [-0.15, -0.1) is 0 Å². The molecule has 0 aromatic rings. The Balaban J connectivity index is 3.25. The Morgan fingerprint density at radius 2 is 1.19 bits per heavy atom. The molecular weight excluding hydrogens is 481 g/mol. The summed E-state index contributed by atoms with van der Waals surface area (Å²) in [7, 11) is -4.01. The van der Waals surface area contributed by atoms with Gasteiger partial charge in [-0.2, -0.15) is 0 Å². The zero-order valence-electron chi connectivity index (χ0n) is 19.9. The van der Waals surface area contributed by atoms with Gasteiger partial charge in [0.1, 0.15) is 0 Å². The van der Waals surface area contributed by atoms with E-state index >= 15 is 0 Å². The van der Waals surface area contributed by atoms with E-state index in [9.17, 15) is 9.46 Å². The molecule has 8 heteroatoms. The highest BCUT2D eigenvalue weighted by Crippen LogP contribution is 2.42. The average Bonchev–Trinajstić information content (AvgIpc) is 2.75. The molecule has 6 nitrogen and oxygen atoms in total. The van der Waals surface area contributed by atoms with Gasteiger partial charge in [-0.3, -0.25) is 9.05 Å². The zero-order valence-corrected chi connectivity index (χ0v) is 22.4. The molecule has 0 amide bonds. The van der Waals surface area contributed by atoms with Gasteiger partial charge in [-0.25, -0.2) is 4.57 Å². The van der Waals surface area contributed by atoms with Crippen LogP contribution >= 0.6 is 23.8 Å². The number of hydrogen-bond acceptors (Lipinski definition) is 5. The third kappa shape index (κ3) is 25.0. The van der Waals surface area contributed by atoms with Crippen LogP contribution in [0.15, 0.2) is 0 Å². The second-order valence-corrected chi connectivity index (χ2v) is 10.7. The molecule has 0 spiro atoms. The Hall–Kier alpha value is 0.510. The van der Waals surface area contributed by atoms with Crippen LogP contribution in [0.3, 0.4) is 0 Å². The summed E-state index contributed by atoms with van der Waals surface area (Å²) in [4.78, 5) is 9.42. The first-order chi connectivity index (χ1) is 15.0. The monoisotopic (exact) mass is 529 g/mol. The van der Waals surface area contributed by atoms with Crippen LogP contribution in [0.25, 0.3) is 0 Å². The molecule has 0 aliphatic carbocycles. The van der Waals surface area contributed by atoms with Crippen LogP contribution in [0.5, 0.6) is 0 Å². The van der Waals surface area contributed by atoms with Crippen molar-refractivity contribution in [1.82, 2.24) is 0 Å². The first-order valence-electron chi connectivity index (χ1n) is 12.5. The number of ether oxygens (including phenoxy) is 1. The number of hydrogen-bond donors (Lipinski definition) is 2. The van der Waals surface area contributed by atoms with Crippen molar-refractivity contribution in [2.45, 2.75) is 116 Å². The number of rotatable bonds is 25. The minimum Gasteiger partial charge on any atom is -0.380 e. The summed E-state index contributed by atoms with van der Waals surface area (Å²) in [6, 6.07) is -0.436. The Labute approximate surface area is 200 Å². The number of alkyl halides is 1. The summed E-state index contributed by atoms with van der Waals surface area (Å²) in [5.74, 6) is 0.